The molecule has 44 heavy (non-hydrogen) atoms. The highest BCUT2D eigenvalue weighted by atomic mass is 16.3. The highest BCUT2D eigenvalue weighted by Gasteiger charge is 2.16. The van der Waals surface area contributed by atoms with Gasteiger partial charge in [-0.1, -0.05) is 127 Å². The standard InChI is InChI=1S/C42H29NO/c1-3-10-30(11-4-1)32-18-24-35(25-19-32)43(36-26-20-33(21-27-36)31-12-5-2-6-13-31)37-28-22-34(23-29-37)38-15-9-17-41-42(38)39-14-7-8-16-40(39)44-41/h1-29H. The molecular formula is C42H29NO. The molecule has 8 rings (SSSR count). The van der Waals surface area contributed by atoms with Crippen molar-refractivity contribution in [3.05, 3.63) is 176 Å². The maximum Gasteiger partial charge on any atom is 0.136 e. The first-order valence-electron chi connectivity index (χ1n) is 14.9. The SMILES string of the molecule is c1ccc(-c2ccc(N(c3ccc(-c4ccccc4)cc3)c3ccc(-c4cccc5oc6ccccc6c45)cc3)cc2)cc1. The van der Waals surface area contributed by atoms with Crippen LogP contribution >= 0.6 is 0 Å². The molecule has 0 saturated heterocycles. The van der Waals surface area contributed by atoms with E-state index in [4.69, 9.17) is 4.42 Å². The molecule has 0 bridgehead atoms. The zero-order chi connectivity index (χ0) is 29.3. The summed E-state index contributed by atoms with van der Waals surface area (Å²) in [5, 5.41) is 2.29. The number of benzene rings is 7. The molecule has 0 unspecified atom stereocenters. The van der Waals surface area contributed by atoms with Crippen molar-refractivity contribution in [2.75, 3.05) is 4.90 Å². The molecule has 0 atom stereocenters. The summed E-state index contributed by atoms with van der Waals surface area (Å²) >= 11 is 0. The second-order valence-corrected chi connectivity index (χ2v) is 11.0. The molecule has 0 aliphatic carbocycles. The summed E-state index contributed by atoms with van der Waals surface area (Å²) in [4.78, 5) is 2.32. The number of anilines is 3. The minimum Gasteiger partial charge on any atom is -0.456 e. The molecule has 0 aliphatic heterocycles. The molecule has 2 heteroatoms. The van der Waals surface area contributed by atoms with Crippen molar-refractivity contribution < 1.29 is 4.42 Å². The van der Waals surface area contributed by atoms with Crippen LogP contribution in [0.25, 0.3) is 55.3 Å². The van der Waals surface area contributed by atoms with Crippen molar-refractivity contribution in [3.8, 4) is 33.4 Å². The number of para-hydroxylation sites is 1. The fraction of sp³-hybridized carbons (Fsp3) is 0. The maximum atomic E-state index is 6.17. The predicted molar refractivity (Wildman–Crippen MR) is 185 cm³/mol. The van der Waals surface area contributed by atoms with Crippen molar-refractivity contribution in [2.45, 2.75) is 0 Å². The third kappa shape index (κ3) is 4.73. The van der Waals surface area contributed by atoms with Crippen LogP contribution in [-0.2, 0) is 0 Å². The van der Waals surface area contributed by atoms with Crippen molar-refractivity contribution in [1.29, 1.82) is 0 Å². The first-order valence-corrected chi connectivity index (χ1v) is 14.9. The van der Waals surface area contributed by atoms with Gasteiger partial charge in [0.1, 0.15) is 11.2 Å². The van der Waals surface area contributed by atoms with Crippen molar-refractivity contribution in [1.82, 2.24) is 0 Å². The van der Waals surface area contributed by atoms with Gasteiger partial charge >= 0.3 is 0 Å². The van der Waals surface area contributed by atoms with Crippen LogP contribution in [0, 0.1) is 0 Å². The summed E-state index contributed by atoms with van der Waals surface area (Å²) in [5.74, 6) is 0. The molecule has 8 aromatic rings. The highest BCUT2D eigenvalue weighted by Crippen LogP contribution is 2.40. The summed E-state index contributed by atoms with van der Waals surface area (Å²) < 4.78 is 6.17. The Hall–Kier alpha value is -5.86. The van der Waals surface area contributed by atoms with Crippen LogP contribution in [0.4, 0.5) is 17.1 Å². The van der Waals surface area contributed by atoms with E-state index in [0.717, 1.165) is 44.6 Å². The minimum atomic E-state index is 0.909. The highest BCUT2D eigenvalue weighted by molar-refractivity contribution is 6.12. The van der Waals surface area contributed by atoms with Gasteiger partial charge in [-0.15, -0.1) is 0 Å². The summed E-state index contributed by atoms with van der Waals surface area (Å²) in [6, 6.07) is 62.1. The molecule has 0 radical (unpaired) electrons. The van der Waals surface area contributed by atoms with Crippen LogP contribution < -0.4 is 4.90 Å². The van der Waals surface area contributed by atoms with Gasteiger partial charge in [0, 0.05) is 27.8 Å². The Balaban J connectivity index is 1.20. The molecule has 0 N–H and O–H groups in total. The van der Waals surface area contributed by atoms with Crippen LogP contribution in [0.2, 0.25) is 0 Å². The molecule has 0 fully saturated rings. The van der Waals surface area contributed by atoms with E-state index < -0.39 is 0 Å². The van der Waals surface area contributed by atoms with Crippen LogP contribution in [0.3, 0.4) is 0 Å². The van der Waals surface area contributed by atoms with Crippen LogP contribution in [0.5, 0.6) is 0 Å². The Morgan fingerprint density at radius 3 is 1.30 bits per heavy atom. The van der Waals surface area contributed by atoms with E-state index in [9.17, 15) is 0 Å². The van der Waals surface area contributed by atoms with E-state index in [0.29, 0.717) is 0 Å². The lowest BCUT2D eigenvalue weighted by molar-refractivity contribution is 0.669. The molecule has 0 aliphatic rings. The van der Waals surface area contributed by atoms with Crippen molar-refractivity contribution in [3.63, 3.8) is 0 Å². The second-order valence-electron chi connectivity index (χ2n) is 11.0. The fourth-order valence-electron chi connectivity index (χ4n) is 6.12. The van der Waals surface area contributed by atoms with Crippen molar-refractivity contribution in [2.24, 2.45) is 0 Å². The van der Waals surface area contributed by atoms with Gasteiger partial charge in [-0.2, -0.15) is 0 Å². The van der Waals surface area contributed by atoms with Gasteiger partial charge in [0.25, 0.3) is 0 Å². The third-order valence-corrected chi connectivity index (χ3v) is 8.30. The number of rotatable bonds is 6. The molecule has 0 amide bonds. The topological polar surface area (TPSA) is 16.4 Å². The van der Waals surface area contributed by atoms with Gasteiger partial charge in [-0.3, -0.25) is 0 Å². The van der Waals surface area contributed by atoms with Crippen LogP contribution in [0.1, 0.15) is 0 Å². The maximum absolute atomic E-state index is 6.17. The molecule has 208 valence electrons. The third-order valence-electron chi connectivity index (χ3n) is 8.30. The molecular weight excluding hydrogens is 534 g/mol. The van der Waals surface area contributed by atoms with Crippen LogP contribution in [-0.4, -0.2) is 0 Å². The molecule has 1 heterocycles. The molecule has 1 aromatic heterocycles. The van der Waals surface area contributed by atoms with E-state index in [2.05, 4.69) is 163 Å². The molecule has 0 spiro atoms. The number of nitrogens with zero attached hydrogens (tertiary/aromatic N) is 1. The fourth-order valence-corrected chi connectivity index (χ4v) is 6.12. The van der Waals surface area contributed by atoms with E-state index in [1.165, 1.54) is 27.8 Å². The Bertz CT molecular complexity index is 2100. The first kappa shape index (κ1) is 25.8. The summed E-state index contributed by atoms with van der Waals surface area (Å²) in [6.07, 6.45) is 0. The van der Waals surface area contributed by atoms with Gasteiger partial charge < -0.3 is 9.32 Å². The van der Waals surface area contributed by atoms with Gasteiger partial charge in [-0.05, 0) is 81.9 Å². The zero-order valence-electron chi connectivity index (χ0n) is 24.1. The Kier molecular flexibility index (Phi) is 6.51. The quantitative estimate of drug-likeness (QED) is 0.200. The Morgan fingerprint density at radius 1 is 0.318 bits per heavy atom. The number of furan rings is 1. The normalized spacial score (nSPS) is 11.2. The van der Waals surface area contributed by atoms with Crippen LogP contribution in [0.15, 0.2) is 180 Å². The van der Waals surface area contributed by atoms with Gasteiger partial charge in [-0.25, -0.2) is 0 Å². The van der Waals surface area contributed by atoms with Gasteiger partial charge in [0.05, 0.1) is 0 Å². The average Bonchev–Trinajstić information content (AvgIpc) is 3.49. The molecule has 2 nitrogen and oxygen atoms in total. The van der Waals surface area contributed by atoms with E-state index in [1.807, 2.05) is 18.2 Å². The molecule has 0 saturated carbocycles. The van der Waals surface area contributed by atoms with Gasteiger partial charge in [0.2, 0.25) is 0 Å². The monoisotopic (exact) mass is 563 g/mol. The van der Waals surface area contributed by atoms with E-state index >= 15 is 0 Å². The zero-order valence-corrected chi connectivity index (χ0v) is 24.1. The smallest absolute Gasteiger partial charge is 0.136 e. The number of hydrogen-bond donors (Lipinski definition) is 0. The second kappa shape index (κ2) is 11.1. The lowest BCUT2D eigenvalue weighted by Gasteiger charge is -2.26. The number of fused-ring (bicyclic) bond motifs is 3. The number of hydrogen-bond acceptors (Lipinski definition) is 2. The van der Waals surface area contributed by atoms with Crippen molar-refractivity contribution >= 4 is 39.0 Å². The van der Waals surface area contributed by atoms with E-state index in [1.54, 1.807) is 0 Å². The Labute approximate surface area is 257 Å². The summed E-state index contributed by atoms with van der Waals surface area (Å²) in [6.45, 7) is 0. The van der Waals surface area contributed by atoms with E-state index in [-0.39, 0.29) is 0 Å². The lowest BCUT2D eigenvalue weighted by atomic mass is 9.99. The first-order chi connectivity index (χ1) is 21.8. The minimum absolute atomic E-state index is 0.909. The predicted octanol–water partition coefficient (Wildman–Crippen LogP) is 12.1. The molecule has 7 aromatic carbocycles. The lowest BCUT2D eigenvalue weighted by Crippen LogP contribution is -2.09. The largest absolute Gasteiger partial charge is 0.456 e. The average molecular weight is 564 g/mol. The summed E-state index contributed by atoms with van der Waals surface area (Å²) in [7, 11) is 0. The van der Waals surface area contributed by atoms with Gasteiger partial charge in [0.15, 0.2) is 0 Å². The summed E-state index contributed by atoms with van der Waals surface area (Å²) in [5.41, 5.74) is 12.3. The Morgan fingerprint density at radius 2 is 0.750 bits per heavy atom.